The van der Waals surface area contributed by atoms with Crippen molar-refractivity contribution in [3.63, 3.8) is 0 Å². The zero-order valence-electron chi connectivity index (χ0n) is 17.9. The molecule has 3 heterocycles. The van der Waals surface area contributed by atoms with Gasteiger partial charge in [0.15, 0.2) is 10.9 Å². The van der Waals surface area contributed by atoms with Crippen LogP contribution in [0.25, 0.3) is 11.0 Å². The molecule has 0 spiro atoms. The molecule has 2 aliphatic rings. The van der Waals surface area contributed by atoms with Gasteiger partial charge in [-0.25, -0.2) is 14.8 Å². The molecule has 3 aromatic rings. The lowest BCUT2D eigenvalue weighted by Gasteiger charge is -2.32. The van der Waals surface area contributed by atoms with Gasteiger partial charge in [0.05, 0.1) is 7.11 Å². The number of methoxy groups -OCH3 is 1. The third-order valence-corrected chi connectivity index (χ3v) is 7.48. The fourth-order valence-electron chi connectivity index (χ4n) is 5.13. The zero-order valence-corrected chi connectivity index (χ0v) is 18.7. The fraction of sp³-hybridized carbons (Fsp3) is 0.417. The Balaban J connectivity index is 1.52. The molecule has 0 bridgehead atoms. The molecule has 166 valence electrons. The van der Waals surface area contributed by atoms with Crippen molar-refractivity contribution >= 4 is 34.6 Å². The predicted octanol–water partition coefficient (Wildman–Crippen LogP) is 4.46. The van der Waals surface area contributed by atoms with E-state index in [1.54, 1.807) is 23.4 Å². The third kappa shape index (κ3) is 3.77. The van der Waals surface area contributed by atoms with Crippen LogP contribution in [0.1, 0.15) is 48.2 Å². The molecule has 1 aromatic carbocycles. The van der Waals surface area contributed by atoms with E-state index in [2.05, 4.69) is 9.97 Å². The first-order valence-corrected chi connectivity index (χ1v) is 12.0. The number of esters is 1. The number of ether oxygens (including phenoxy) is 1. The second kappa shape index (κ2) is 8.94. The summed E-state index contributed by atoms with van der Waals surface area (Å²) in [5, 5.41) is 1.53. The summed E-state index contributed by atoms with van der Waals surface area (Å²) in [4.78, 5) is 36.8. The molecule has 2 fully saturated rings. The Morgan fingerprint density at radius 3 is 2.75 bits per heavy atom. The molecule has 0 N–H and O–H groups in total. The average Bonchev–Trinajstić information content (AvgIpc) is 3.41. The molecule has 3 atom stereocenters. The Labute approximate surface area is 190 Å². The normalized spacial score (nSPS) is 22.7. The maximum atomic E-state index is 13.9. The summed E-state index contributed by atoms with van der Waals surface area (Å²) in [5.74, 6) is 0.548. The largest absolute Gasteiger partial charge is 0.467 e. The van der Waals surface area contributed by atoms with Gasteiger partial charge in [-0.3, -0.25) is 4.79 Å². The van der Waals surface area contributed by atoms with Crippen molar-refractivity contribution < 1.29 is 18.7 Å². The molecule has 2 aromatic heterocycles. The van der Waals surface area contributed by atoms with Gasteiger partial charge in [-0.2, -0.15) is 0 Å². The maximum absolute atomic E-state index is 13.9. The van der Waals surface area contributed by atoms with Crippen LogP contribution in [0.4, 0.5) is 0 Å². The number of fused-ring (bicyclic) bond motifs is 2. The van der Waals surface area contributed by atoms with Gasteiger partial charge in [0, 0.05) is 35.1 Å². The summed E-state index contributed by atoms with van der Waals surface area (Å²) < 4.78 is 11.2. The van der Waals surface area contributed by atoms with Crippen LogP contribution in [0.5, 0.6) is 0 Å². The minimum Gasteiger partial charge on any atom is -0.467 e. The van der Waals surface area contributed by atoms with Crippen LogP contribution >= 0.6 is 11.8 Å². The Kier molecular flexibility index (Phi) is 5.87. The maximum Gasteiger partial charge on any atom is 0.328 e. The van der Waals surface area contributed by atoms with E-state index in [-0.39, 0.29) is 17.9 Å². The van der Waals surface area contributed by atoms with Gasteiger partial charge < -0.3 is 14.1 Å². The molecule has 5 rings (SSSR count). The molecule has 1 aliphatic carbocycles. The van der Waals surface area contributed by atoms with Gasteiger partial charge in [-0.15, -0.1) is 0 Å². The quantitative estimate of drug-likeness (QED) is 0.322. The van der Waals surface area contributed by atoms with Gasteiger partial charge >= 0.3 is 5.97 Å². The minimum atomic E-state index is -0.563. The summed E-state index contributed by atoms with van der Waals surface area (Å²) in [6.07, 6.45) is 8.20. The van der Waals surface area contributed by atoms with Crippen LogP contribution in [0.2, 0.25) is 0 Å². The number of hydrogen-bond acceptors (Lipinski definition) is 7. The van der Waals surface area contributed by atoms with E-state index in [0.717, 1.165) is 36.6 Å². The standard InChI is InChI=1S/C24H25N3O4S/c1-30-23(29)19-13-15-7-2-4-9-18(15)27(19)22(28)21-17(14-32-24-25-11-6-12-26-24)16-8-3-5-10-20(16)31-21/h3,5-6,8,10-12,15,18-19H,2,4,7,9,13-14H2,1H3. The van der Waals surface area contributed by atoms with E-state index in [1.165, 1.54) is 18.9 Å². The highest BCUT2D eigenvalue weighted by Crippen LogP contribution is 2.42. The monoisotopic (exact) mass is 451 g/mol. The van der Waals surface area contributed by atoms with E-state index >= 15 is 0 Å². The third-order valence-electron chi connectivity index (χ3n) is 6.58. The van der Waals surface area contributed by atoms with E-state index in [0.29, 0.717) is 34.6 Å². The number of para-hydroxylation sites is 1. The Bertz CT molecular complexity index is 1130. The molecule has 1 aliphatic heterocycles. The van der Waals surface area contributed by atoms with Crippen molar-refractivity contribution in [2.24, 2.45) is 5.92 Å². The summed E-state index contributed by atoms with van der Waals surface area (Å²) in [6, 6.07) is 8.91. The predicted molar refractivity (Wildman–Crippen MR) is 120 cm³/mol. The van der Waals surface area contributed by atoms with Gasteiger partial charge in [0.2, 0.25) is 0 Å². The number of likely N-dealkylation sites (tertiary alicyclic amines) is 1. The number of thioether (sulfide) groups is 1. The summed E-state index contributed by atoms with van der Waals surface area (Å²) in [5.41, 5.74) is 1.47. The first-order valence-electron chi connectivity index (χ1n) is 11.0. The number of hydrogen-bond donors (Lipinski definition) is 0. The van der Waals surface area contributed by atoms with Gasteiger partial charge in [0.25, 0.3) is 5.91 Å². The number of furan rings is 1. The first-order chi connectivity index (χ1) is 15.7. The number of nitrogens with zero attached hydrogens (tertiary/aromatic N) is 3. The van der Waals surface area contributed by atoms with Crippen molar-refractivity contribution in [2.75, 3.05) is 7.11 Å². The average molecular weight is 452 g/mol. The second-order valence-corrected chi connectivity index (χ2v) is 9.27. The van der Waals surface area contributed by atoms with Crippen LogP contribution in [0, 0.1) is 5.92 Å². The SMILES string of the molecule is COC(=O)C1CC2CCCCC2N1C(=O)c1oc2ccccc2c1CSc1ncccn1. The highest BCUT2D eigenvalue weighted by molar-refractivity contribution is 7.98. The lowest BCUT2D eigenvalue weighted by Crippen LogP contribution is -2.46. The lowest BCUT2D eigenvalue weighted by molar-refractivity contribution is -0.145. The van der Waals surface area contributed by atoms with Gasteiger partial charge in [-0.05, 0) is 37.3 Å². The van der Waals surface area contributed by atoms with Crippen molar-refractivity contribution in [2.45, 2.75) is 55.1 Å². The molecule has 32 heavy (non-hydrogen) atoms. The van der Waals surface area contributed by atoms with Crippen molar-refractivity contribution in [1.82, 2.24) is 14.9 Å². The van der Waals surface area contributed by atoms with Crippen LogP contribution in [-0.2, 0) is 15.3 Å². The molecule has 3 unspecified atom stereocenters. The molecular formula is C24H25N3O4S. The van der Waals surface area contributed by atoms with E-state index in [4.69, 9.17) is 9.15 Å². The molecule has 7 nitrogen and oxygen atoms in total. The number of carbonyl (C=O) groups excluding carboxylic acids is 2. The highest BCUT2D eigenvalue weighted by Gasteiger charge is 2.49. The molecule has 1 amide bonds. The Hall–Kier alpha value is -2.87. The summed E-state index contributed by atoms with van der Waals surface area (Å²) >= 11 is 1.46. The van der Waals surface area contributed by atoms with Crippen molar-refractivity contribution in [3.05, 3.63) is 54.0 Å². The number of rotatable bonds is 5. The van der Waals surface area contributed by atoms with Crippen LogP contribution in [-0.4, -0.2) is 45.9 Å². The molecule has 1 saturated carbocycles. The number of benzene rings is 1. The topological polar surface area (TPSA) is 85.5 Å². The second-order valence-electron chi connectivity index (χ2n) is 8.32. The molecule has 0 radical (unpaired) electrons. The van der Waals surface area contributed by atoms with E-state index < -0.39 is 6.04 Å². The summed E-state index contributed by atoms with van der Waals surface area (Å²) in [6.45, 7) is 0. The summed E-state index contributed by atoms with van der Waals surface area (Å²) in [7, 11) is 1.39. The molecular weight excluding hydrogens is 426 g/mol. The lowest BCUT2D eigenvalue weighted by atomic mass is 9.84. The number of amides is 1. The van der Waals surface area contributed by atoms with Crippen LogP contribution < -0.4 is 0 Å². The zero-order chi connectivity index (χ0) is 22.1. The minimum absolute atomic E-state index is 0.0477. The fourth-order valence-corrected chi connectivity index (χ4v) is 5.96. The highest BCUT2D eigenvalue weighted by atomic mass is 32.2. The van der Waals surface area contributed by atoms with E-state index in [1.807, 2.05) is 24.3 Å². The number of aromatic nitrogens is 2. The van der Waals surface area contributed by atoms with Crippen LogP contribution in [0.15, 0.2) is 52.3 Å². The first kappa shape index (κ1) is 21.0. The van der Waals surface area contributed by atoms with Gasteiger partial charge in [0.1, 0.15) is 11.6 Å². The number of carbonyl (C=O) groups is 2. The van der Waals surface area contributed by atoms with Crippen molar-refractivity contribution in [3.8, 4) is 0 Å². The van der Waals surface area contributed by atoms with Crippen molar-refractivity contribution in [1.29, 1.82) is 0 Å². The Morgan fingerprint density at radius 2 is 1.94 bits per heavy atom. The smallest absolute Gasteiger partial charge is 0.328 e. The van der Waals surface area contributed by atoms with Crippen LogP contribution in [0.3, 0.4) is 0 Å². The van der Waals surface area contributed by atoms with E-state index in [9.17, 15) is 9.59 Å². The molecule has 8 heteroatoms. The Morgan fingerprint density at radius 1 is 1.16 bits per heavy atom. The van der Waals surface area contributed by atoms with Gasteiger partial charge in [-0.1, -0.05) is 42.8 Å². The molecule has 1 saturated heterocycles.